The van der Waals surface area contributed by atoms with E-state index in [1.165, 1.54) is 6.07 Å². The Morgan fingerprint density at radius 3 is 2.95 bits per heavy atom. The van der Waals surface area contributed by atoms with Crippen LogP contribution in [0.2, 0.25) is 0 Å². The molecule has 0 bridgehead atoms. The van der Waals surface area contributed by atoms with Crippen LogP contribution in [0.3, 0.4) is 0 Å². The van der Waals surface area contributed by atoms with Gasteiger partial charge in [0, 0.05) is 29.8 Å². The third-order valence-electron chi connectivity index (χ3n) is 3.16. The van der Waals surface area contributed by atoms with Crippen molar-refractivity contribution in [3.05, 3.63) is 54.4 Å². The molecule has 0 unspecified atom stereocenters. The summed E-state index contributed by atoms with van der Waals surface area (Å²) in [6.07, 6.45) is 6.54. The van der Waals surface area contributed by atoms with E-state index in [2.05, 4.69) is 9.97 Å². The van der Waals surface area contributed by atoms with Crippen LogP contribution in [0.5, 0.6) is 0 Å². The molecule has 20 heavy (non-hydrogen) atoms. The highest BCUT2D eigenvalue weighted by molar-refractivity contribution is 6.07. The van der Waals surface area contributed by atoms with Gasteiger partial charge in [-0.05, 0) is 18.2 Å². The van der Waals surface area contributed by atoms with Crippen LogP contribution in [0.25, 0.3) is 16.7 Å². The molecule has 0 N–H and O–H groups in total. The second-order valence-electron chi connectivity index (χ2n) is 4.43. The molecule has 3 heterocycles. The molecule has 3 aromatic heterocycles. The second-order valence-corrected chi connectivity index (χ2v) is 4.43. The van der Waals surface area contributed by atoms with Crippen molar-refractivity contribution in [3.8, 4) is 5.69 Å². The molecular formula is C15H12FN3O. The van der Waals surface area contributed by atoms with Gasteiger partial charge in [-0.25, -0.2) is 9.37 Å². The fourth-order valence-electron chi connectivity index (χ4n) is 2.19. The summed E-state index contributed by atoms with van der Waals surface area (Å²) < 4.78 is 15.2. The van der Waals surface area contributed by atoms with Crippen LogP contribution in [-0.4, -0.2) is 20.3 Å². The molecule has 0 saturated carbocycles. The van der Waals surface area contributed by atoms with Gasteiger partial charge in [0.15, 0.2) is 5.78 Å². The zero-order valence-corrected chi connectivity index (χ0v) is 10.9. The third-order valence-corrected chi connectivity index (χ3v) is 3.16. The average Bonchev–Trinajstić information content (AvgIpc) is 2.86. The van der Waals surface area contributed by atoms with Crippen molar-refractivity contribution in [2.24, 2.45) is 0 Å². The largest absolute Gasteiger partial charge is 0.299 e. The number of carbonyl (C=O) groups is 1. The molecule has 3 aromatic rings. The Balaban J connectivity index is 2.31. The van der Waals surface area contributed by atoms with Crippen LogP contribution in [0.4, 0.5) is 4.39 Å². The molecule has 0 aliphatic carbocycles. The van der Waals surface area contributed by atoms with Crippen LogP contribution >= 0.6 is 0 Å². The zero-order valence-electron chi connectivity index (χ0n) is 10.9. The first-order valence-corrected chi connectivity index (χ1v) is 6.31. The molecule has 0 amide bonds. The molecule has 0 aliphatic rings. The third kappa shape index (κ3) is 1.97. The predicted molar refractivity (Wildman–Crippen MR) is 73.4 cm³/mol. The molecule has 0 saturated heterocycles. The quantitative estimate of drug-likeness (QED) is 0.686. The van der Waals surface area contributed by atoms with Gasteiger partial charge >= 0.3 is 0 Å². The molecule has 0 aliphatic heterocycles. The Morgan fingerprint density at radius 2 is 2.25 bits per heavy atom. The van der Waals surface area contributed by atoms with E-state index >= 15 is 0 Å². The minimum atomic E-state index is -0.452. The Labute approximate surface area is 114 Å². The molecule has 3 rings (SSSR count). The number of pyridine rings is 2. The number of rotatable bonds is 3. The van der Waals surface area contributed by atoms with Crippen molar-refractivity contribution >= 4 is 16.8 Å². The zero-order chi connectivity index (χ0) is 14.1. The normalized spacial score (nSPS) is 10.9. The maximum Gasteiger partial charge on any atom is 0.164 e. The van der Waals surface area contributed by atoms with Gasteiger partial charge in [-0.2, -0.15) is 0 Å². The summed E-state index contributed by atoms with van der Waals surface area (Å²) in [6, 6.07) is 5.00. The maximum atomic E-state index is 13.4. The summed E-state index contributed by atoms with van der Waals surface area (Å²) in [7, 11) is 0. The highest BCUT2D eigenvalue weighted by Gasteiger charge is 2.16. The van der Waals surface area contributed by atoms with Crippen molar-refractivity contribution in [1.29, 1.82) is 0 Å². The highest BCUT2D eigenvalue weighted by atomic mass is 19.1. The lowest BCUT2D eigenvalue weighted by molar-refractivity contribution is 0.0989. The molecule has 0 aromatic carbocycles. The van der Waals surface area contributed by atoms with Crippen LogP contribution in [0, 0.1) is 5.82 Å². The van der Waals surface area contributed by atoms with E-state index < -0.39 is 5.82 Å². The molecular weight excluding hydrogens is 257 g/mol. The van der Waals surface area contributed by atoms with Crippen molar-refractivity contribution in [1.82, 2.24) is 14.5 Å². The van der Waals surface area contributed by atoms with E-state index in [1.807, 2.05) is 6.07 Å². The number of carbonyl (C=O) groups excluding carboxylic acids is 1. The number of aromatic nitrogens is 3. The van der Waals surface area contributed by atoms with Crippen LogP contribution < -0.4 is 0 Å². The Hall–Kier alpha value is -2.56. The summed E-state index contributed by atoms with van der Waals surface area (Å²) in [4.78, 5) is 20.2. The van der Waals surface area contributed by atoms with Gasteiger partial charge in [0.1, 0.15) is 11.5 Å². The lowest BCUT2D eigenvalue weighted by Gasteiger charge is -2.02. The van der Waals surface area contributed by atoms with Gasteiger partial charge in [-0.15, -0.1) is 0 Å². The number of Topliss-reactive ketones (excluding diaryl/α,β-unsaturated/α-hetero) is 1. The highest BCUT2D eigenvalue weighted by Crippen LogP contribution is 2.24. The fourth-order valence-corrected chi connectivity index (χ4v) is 2.19. The average molecular weight is 269 g/mol. The molecule has 100 valence electrons. The van der Waals surface area contributed by atoms with E-state index in [9.17, 15) is 9.18 Å². The first-order chi connectivity index (χ1) is 9.70. The Morgan fingerprint density at radius 1 is 1.40 bits per heavy atom. The van der Waals surface area contributed by atoms with Gasteiger partial charge in [-0.1, -0.05) is 6.92 Å². The molecule has 0 fully saturated rings. The van der Waals surface area contributed by atoms with E-state index in [0.717, 1.165) is 11.9 Å². The minimum Gasteiger partial charge on any atom is -0.299 e. The first kappa shape index (κ1) is 12.5. The number of hydrogen-bond acceptors (Lipinski definition) is 3. The monoisotopic (exact) mass is 269 g/mol. The van der Waals surface area contributed by atoms with Crippen molar-refractivity contribution < 1.29 is 9.18 Å². The fraction of sp³-hybridized carbons (Fsp3) is 0.133. The maximum absolute atomic E-state index is 13.4. The smallest absolute Gasteiger partial charge is 0.164 e. The number of ketones is 1. The number of fused-ring (bicyclic) bond motifs is 1. The van der Waals surface area contributed by atoms with E-state index in [0.29, 0.717) is 23.0 Å². The molecule has 5 heteroatoms. The lowest BCUT2D eigenvalue weighted by Crippen LogP contribution is -1.95. The summed E-state index contributed by atoms with van der Waals surface area (Å²) >= 11 is 0. The van der Waals surface area contributed by atoms with Gasteiger partial charge in [0.2, 0.25) is 0 Å². The number of hydrogen-bond donors (Lipinski definition) is 0. The van der Waals surface area contributed by atoms with E-state index in [1.54, 1.807) is 36.1 Å². The van der Waals surface area contributed by atoms with Gasteiger partial charge < -0.3 is 0 Å². The van der Waals surface area contributed by atoms with Gasteiger partial charge in [0.05, 0.1) is 18.1 Å². The molecule has 0 atom stereocenters. The minimum absolute atomic E-state index is 0.0370. The molecule has 0 spiro atoms. The van der Waals surface area contributed by atoms with Gasteiger partial charge in [-0.3, -0.25) is 14.3 Å². The summed E-state index contributed by atoms with van der Waals surface area (Å²) in [6.45, 7) is 1.78. The van der Waals surface area contributed by atoms with Crippen LogP contribution in [0.1, 0.15) is 23.7 Å². The van der Waals surface area contributed by atoms with Gasteiger partial charge in [0.25, 0.3) is 0 Å². The van der Waals surface area contributed by atoms with Crippen molar-refractivity contribution in [2.75, 3.05) is 0 Å². The summed E-state index contributed by atoms with van der Waals surface area (Å²) in [5.74, 6) is -0.489. The summed E-state index contributed by atoms with van der Waals surface area (Å²) in [5, 5.41) is 0.528. The Bertz CT molecular complexity index is 780. The predicted octanol–water partition coefficient (Wildman–Crippen LogP) is 3.15. The van der Waals surface area contributed by atoms with E-state index in [4.69, 9.17) is 0 Å². The van der Waals surface area contributed by atoms with Crippen molar-refractivity contribution in [2.45, 2.75) is 13.3 Å². The molecule has 0 radical (unpaired) electrons. The lowest BCUT2D eigenvalue weighted by atomic mass is 10.1. The summed E-state index contributed by atoms with van der Waals surface area (Å²) in [5.41, 5.74) is 1.82. The Kier molecular flexibility index (Phi) is 3.02. The van der Waals surface area contributed by atoms with E-state index in [-0.39, 0.29) is 5.78 Å². The van der Waals surface area contributed by atoms with Crippen LogP contribution in [0.15, 0.2) is 43.0 Å². The topological polar surface area (TPSA) is 47.8 Å². The number of nitrogens with zero attached hydrogens (tertiary/aromatic N) is 3. The standard InChI is InChI=1S/C15H12FN3O/c1-2-14(20)13-9-19(11-4-3-5-17-8-11)15-12(13)6-10(16)7-18-15/h3-9H,2H2,1H3. The molecule has 4 nitrogen and oxygen atoms in total. The second kappa shape index (κ2) is 4.85. The van der Waals surface area contributed by atoms with Crippen LogP contribution in [-0.2, 0) is 0 Å². The first-order valence-electron chi connectivity index (χ1n) is 6.31. The number of halogens is 1. The SMILES string of the molecule is CCC(=O)c1cn(-c2cccnc2)c2ncc(F)cc12. The van der Waals surface area contributed by atoms with Crippen molar-refractivity contribution in [3.63, 3.8) is 0 Å².